The van der Waals surface area contributed by atoms with E-state index in [-0.39, 0.29) is 17.4 Å². The van der Waals surface area contributed by atoms with Gasteiger partial charge in [-0.1, -0.05) is 25.0 Å². The van der Waals surface area contributed by atoms with E-state index in [0.717, 1.165) is 31.2 Å². The van der Waals surface area contributed by atoms with Gasteiger partial charge in [-0.3, -0.25) is 4.79 Å². The summed E-state index contributed by atoms with van der Waals surface area (Å²) < 4.78 is 13.3. The van der Waals surface area contributed by atoms with E-state index in [9.17, 15) is 14.0 Å². The van der Waals surface area contributed by atoms with Crippen molar-refractivity contribution in [2.24, 2.45) is 0 Å². The van der Waals surface area contributed by atoms with Crippen LogP contribution in [0.25, 0.3) is 11.0 Å². The van der Waals surface area contributed by atoms with Crippen LogP contribution in [0.15, 0.2) is 47.3 Å². The van der Waals surface area contributed by atoms with Crippen molar-refractivity contribution in [1.82, 2.24) is 9.97 Å². The number of rotatable bonds is 3. The molecule has 6 heteroatoms. The Kier molecular flexibility index (Phi) is 3.67. The largest absolute Gasteiger partial charge is 0.325 e. The molecule has 2 aromatic carbocycles. The highest BCUT2D eigenvalue weighted by atomic mass is 19.1. The number of anilines is 1. The van der Waals surface area contributed by atoms with Gasteiger partial charge >= 0.3 is 5.69 Å². The standard InChI is InChI=1S/C19H18FN3O2/c20-13-5-3-12(4-6-13)19(9-1-2-10-19)17(24)21-14-7-8-15-16(11-14)23-18(25)22-15/h3-8,11H,1-2,9-10H2,(H,21,24)(H2,22,23,25). The number of benzene rings is 2. The van der Waals surface area contributed by atoms with Crippen molar-refractivity contribution >= 4 is 22.6 Å². The van der Waals surface area contributed by atoms with E-state index < -0.39 is 5.41 Å². The van der Waals surface area contributed by atoms with Crippen molar-refractivity contribution in [1.29, 1.82) is 0 Å². The zero-order valence-electron chi connectivity index (χ0n) is 13.6. The number of imidazole rings is 1. The molecule has 0 spiro atoms. The topological polar surface area (TPSA) is 77.8 Å². The Bertz CT molecular complexity index is 982. The van der Waals surface area contributed by atoms with Gasteiger partial charge in [0.15, 0.2) is 0 Å². The number of aromatic amines is 2. The van der Waals surface area contributed by atoms with Crippen LogP contribution in [0.3, 0.4) is 0 Å². The van der Waals surface area contributed by atoms with Gasteiger partial charge < -0.3 is 15.3 Å². The van der Waals surface area contributed by atoms with Gasteiger partial charge in [0.25, 0.3) is 0 Å². The second-order valence-electron chi connectivity index (χ2n) is 6.59. The predicted octanol–water partition coefficient (Wildman–Crippen LogP) is 3.45. The second kappa shape index (κ2) is 5.88. The number of aromatic nitrogens is 2. The van der Waals surface area contributed by atoms with Crippen molar-refractivity contribution in [3.05, 3.63) is 64.3 Å². The molecule has 0 aliphatic heterocycles. The summed E-state index contributed by atoms with van der Waals surface area (Å²) in [5.41, 5.74) is 1.90. The molecule has 3 N–H and O–H groups in total. The molecule has 0 unspecified atom stereocenters. The Morgan fingerprint density at radius 2 is 1.68 bits per heavy atom. The van der Waals surface area contributed by atoms with Gasteiger partial charge in [0.1, 0.15) is 5.82 Å². The van der Waals surface area contributed by atoms with Gasteiger partial charge in [-0.25, -0.2) is 9.18 Å². The van der Waals surface area contributed by atoms with Crippen LogP contribution in [-0.4, -0.2) is 15.9 Å². The monoisotopic (exact) mass is 339 g/mol. The highest BCUT2D eigenvalue weighted by Crippen LogP contribution is 2.42. The number of hydrogen-bond donors (Lipinski definition) is 3. The molecule has 25 heavy (non-hydrogen) atoms. The third-order valence-corrected chi connectivity index (χ3v) is 5.06. The molecule has 1 fully saturated rings. The van der Waals surface area contributed by atoms with Gasteiger partial charge in [-0.2, -0.15) is 0 Å². The quantitative estimate of drug-likeness (QED) is 0.683. The Morgan fingerprint density at radius 1 is 1.00 bits per heavy atom. The number of hydrogen-bond acceptors (Lipinski definition) is 2. The normalized spacial score (nSPS) is 16.2. The minimum atomic E-state index is -0.631. The molecular weight excluding hydrogens is 321 g/mol. The molecule has 0 atom stereocenters. The summed E-state index contributed by atoms with van der Waals surface area (Å²) in [6, 6.07) is 11.5. The number of fused-ring (bicyclic) bond motifs is 1. The van der Waals surface area contributed by atoms with E-state index in [2.05, 4.69) is 15.3 Å². The molecule has 1 saturated carbocycles. The fourth-order valence-corrected chi connectivity index (χ4v) is 3.76. The molecule has 1 aliphatic carbocycles. The third-order valence-electron chi connectivity index (χ3n) is 5.06. The molecule has 128 valence electrons. The predicted molar refractivity (Wildman–Crippen MR) is 94.1 cm³/mol. The summed E-state index contributed by atoms with van der Waals surface area (Å²) in [5, 5.41) is 2.97. The molecule has 1 aliphatic rings. The van der Waals surface area contributed by atoms with E-state index in [0.29, 0.717) is 16.7 Å². The Labute approximate surface area is 143 Å². The summed E-state index contributed by atoms with van der Waals surface area (Å²) in [5.74, 6) is -0.395. The lowest BCUT2D eigenvalue weighted by atomic mass is 9.78. The summed E-state index contributed by atoms with van der Waals surface area (Å²) >= 11 is 0. The number of carbonyl (C=O) groups is 1. The third kappa shape index (κ3) is 2.73. The zero-order chi connectivity index (χ0) is 17.4. The first-order valence-corrected chi connectivity index (χ1v) is 8.36. The lowest BCUT2D eigenvalue weighted by molar-refractivity contribution is -0.121. The van der Waals surface area contributed by atoms with Gasteiger partial charge in [-0.15, -0.1) is 0 Å². The van der Waals surface area contributed by atoms with Gasteiger partial charge in [0, 0.05) is 5.69 Å². The average molecular weight is 339 g/mol. The smallest absolute Gasteiger partial charge is 0.323 e. The SMILES string of the molecule is O=C(Nc1ccc2[nH]c(=O)[nH]c2c1)C1(c2ccc(F)cc2)CCCC1. The minimum absolute atomic E-state index is 0.0890. The summed E-state index contributed by atoms with van der Waals surface area (Å²) in [6.45, 7) is 0. The highest BCUT2D eigenvalue weighted by molar-refractivity contribution is 6.00. The molecule has 1 amide bonds. The number of halogens is 1. The molecule has 0 bridgehead atoms. The van der Waals surface area contributed by atoms with Gasteiger partial charge in [0.05, 0.1) is 16.4 Å². The van der Waals surface area contributed by atoms with E-state index >= 15 is 0 Å². The molecule has 1 heterocycles. The number of carbonyl (C=O) groups excluding carboxylic acids is 1. The van der Waals surface area contributed by atoms with Crippen LogP contribution in [0.5, 0.6) is 0 Å². The maximum Gasteiger partial charge on any atom is 0.323 e. The first kappa shape index (κ1) is 15.6. The van der Waals surface area contributed by atoms with Crippen LogP contribution in [0.1, 0.15) is 31.2 Å². The minimum Gasteiger partial charge on any atom is -0.325 e. The van der Waals surface area contributed by atoms with E-state index in [1.54, 1.807) is 30.3 Å². The van der Waals surface area contributed by atoms with Crippen LogP contribution >= 0.6 is 0 Å². The Morgan fingerprint density at radius 3 is 2.40 bits per heavy atom. The van der Waals surface area contributed by atoms with Crippen molar-refractivity contribution in [2.75, 3.05) is 5.32 Å². The molecule has 1 aromatic heterocycles. The lowest BCUT2D eigenvalue weighted by Crippen LogP contribution is -2.38. The van der Waals surface area contributed by atoms with Crippen LogP contribution in [-0.2, 0) is 10.2 Å². The highest BCUT2D eigenvalue weighted by Gasteiger charge is 2.42. The van der Waals surface area contributed by atoms with E-state index in [1.807, 2.05) is 0 Å². The summed E-state index contributed by atoms with van der Waals surface area (Å²) in [7, 11) is 0. The molecule has 4 rings (SSSR count). The van der Waals surface area contributed by atoms with Crippen molar-refractivity contribution in [2.45, 2.75) is 31.1 Å². The fraction of sp³-hybridized carbons (Fsp3) is 0.263. The number of nitrogens with one attached hydrogen (secondary N) is 3. The maximum absolute atomic E-state index is 13.3. The summed E-state index contributed by atoms with van der Waals surface area (Å²) in [4.78, 5) is 29.8. The second-order valence-corrected chi connectivity index (χ2v) is 6.59. The molecular formula is C19H18FN3O2. The number of amides is 1. The van der Waals surface area contributed by atoms with Gasteiger partial charge in [-0.05, 0) is 48.7 Å². The number of H-pyrrole nitrogens is 2. The van der Waals surface area contributed by atoms with Crippen molar-refractivity contribution < 1.29 is 9.18 Å². The van der Waals surface area contributed by atoms with E-state index in [4.69, 9.17) is 0 Å². The fourth-order valence-electron chi connectivity index (χ4n) is 3.76. The van der Waals surface area contributed by atoms with Crippen LogP contribution in [0.2, 0.25) is 0 Å². The van der Waals surface area contributed by atoms with Crippen molar-refractivity contribution in [3.63, 3.8) is 0 Å². The van der Waals surface area contributed by atoms with Crippen molar-refractivity contribution in [3.8, 4) is 0 Å². The first-order chi connectivity index (χ1) is 12.1. The summed E-state index contributed by atoms with van der Waals surface area (Å²) in [6.07, 6.45) is 3.42. The average Bonchev–Trinajstić information content (AvgIpc) is 3.21. The molecule has 0 radical (unpaired) electrons. The molecule has 5 nitrogen and oxygen atoms in total. The molecule has 0 saturated heterocycles. The Balaban J connectivity index is 1.66. The van der Waals surface area contributed by atoms with E-state index in [1.165, 1.54) is 12.1 Å². The lowest BCUT2D eigenvalue weighted by Gasteiger charge is -2.28. The first-order valence-electron chi connectivity index (χ1n) is 8.36. The van der Waals surface area contributed by atoms with Gasteiger partial charge in [0.2, 0.25) is 5.91 Å². The molecule has 3 aromatic rings. The Hall–Kier alpha value is -2.89. The van der Waals surface area contributed by atoms with Crippen LogP contribution in [0.4, 0.5) is 10.1 Å². The zero-order valence-corrected chi connectivity index (χ0v) is 13.6. The maximum atomic E-state index is 13.3. The van der Waals surface area contributed by atoms with Crippen LogP contribution < -0.4 is 11.0 Å². The van der Waals surface area contributed by atoms with Crippen LogP contribution in [0, 0.1) is 5.82 Å².